The van der Waals surface area contributed by atoms with Gasteiger partial charge in [-0.2, -0.15) is 0 Å². The van der Waals surface area contributed by atoms with Gasteiger partial charge in [0, 0.05) is 36.6 Å². The summed E-state index contributed by atoms with van der Waals surface area (Å²) in [6, 6.07) is 4.70. The van der Waals surface area contributed by atoms with Crippen molar-refractivity contribution in [3.63, 3.8) is 0 Å². The van der Waals surface area contributed by atoms with E-state index in [0.717, 1.165) is 60.9 Å². The normalized spacial score (nSPS) is 17.8. The summed E-state index contributed by atoms with van der Waals surface area (Å²) in [6.07, 6.45) is 8.50. The van der Waals surface area contributed by atoms with Crippen LogP contribution in [0.2, 0.25) is 0 Å². The number of aryl methyl sites for hydroxylation is 1. The van der Waals surface area contributed by atoms with Gasteiger partial charge in [-0.3, -0.25) is 15.0 Å². The van der Waals surface area contributed by atoms with Crippen molar-refractivity contribution in [3.8, 4) is 0 Å². The molecule has 1 saturated heterocycles. The minimum Gasteiger partial charge on any atom is -0.366 e. The molecule has 0 spiro atoms. The number of rotatable bonds is 8. The number of amidine groups is 1. The lowest BCUT2D eigenvalue weighted by molar-refractivity contribution is 0.568. The fourth-order valence-corrected chi connectivity index (χ4v) is 4.29. The van der Waals surface area contributed by atoms with Crippen LogP contribution in [0.1, 0.15) is 47.6 Å². The predicted molar refractivity (Wildman–Crippen MR) is 136 cm³/mol. The highest BCUT2D eigenvalue weighted by molar-refractivity contribution is 6.04. The summed E-state index contributed by atoms with van der Waals surface area (Å²) < 4.78 is 27.8. The standard InChI is InChI=1S/C26H28F2N8/c1-15-20(27)10-21(28)25(34-15)36-23-9-16(5-8-32-23)11-33-26(35-18-6-7-30-12-18)24-19(17-3-4-17)13-31-14-22(24)29-2/h5,8-10,13-14,17-18,30H,2-4,6-7,11-12H2,1H3,(H,33,35)(H,32,34,36). The first kappa shape index (κ1) is 23.9. The number of anilines is 2. The predicted octanol–water partition coefficient (Wildman–Crippen LogP) is 4.31. The van der Waals surface area contributed by atoms with E-state index in [1.807, 2.05) is 12.3 Å². The summed E-state index contributed by atoms with van der Waals surface area (Å²) in [5.41, 5.74) is 3.78. The van der Waals surface area contributed by atoms with Crippen molar-refractivity contribution in [2.75, 3.05) is 18.4 Å². The van der Waals surface area contributed by atoms with Crippen molar-refractivity contribution >= 4 is 29.9 Å². The summed E-state index contributed by atoms with van der Waals surface area (Å²) in [5.74, 6) is 0.0671. The van der Waals surface area contributed by atoms with Gasteiger partial charge in [-0.05, 0) is 68.6 Å². The summed E-state index contributed by atoms with van der Waals surface area (Å²) in [4.78, 5) is 21.8. The highest BCUT2D eigenvalue weighted by Gasteiger charge is 2.30. The van der Waals surface area contributed by atoms with Gasteiger partial charge < -0.3 is 16.0 Å². The molecule has 8 nitrogen and oxygen atoms in total. The van der Waals surface area contributed by atoms with Crippen LogP contribution in [0.15, 0.2) is 46.8 Å². The van der Waals surface area contributed by atoms with E-state index in [-0.39, 0.29) is 17.6 Å². The topological polar surface area (TPSA) is 99.5 Å². The summed E-state index contributed by atoms with van der Waals surface area (Å²) in [6.45, 7) is 7.41. The minimum atomic E-state index is -0.783. The average Bonchev–Trinajstić information content (AvgIpc) is 3.60. The molecule has 10 heteroatoms. The van der Waals surface area contributed by atoms with E-state index in [2.05, 4.69) is 42.6 Å². The number of hydrogen-bond donors (Lipinski definition) is 3. The molecular formula is C26H28F2N8. The fraction of sp³-hybridized carbons (Fsp3) is 0.346. The molecule has 0 amide bonds. The zero-order valence-electron chi connectivity index (χ0n) is 20.1. The van der Waals surface area contributed by atoms with Crippen LogP contribution in [-0.4, -0.2) is 46.6 Å². The smallest absolute Gasteiger partial charge is 0.168 e. The summed E-state index contributed by atoms with van der Waals surface area (Å²) in [5, 5.41) is 9.84. The monoisotopic (exact) mass is 490 g/mol. The summed E-state index contributed by atoms with van der Waals surface area (Å²) >= 11 is 0. The number of nitrogens with zero attached hydrogens (tertiary/aromatic N) is 5. The zero-order valence-corrected chi connectivity index (χ0v) is 20.1. The molecule has 5 rings (SSSR count). The minimum absolute atomic E-state index is 0.0781. The average molecular weight is 491 g/mol. The lowest BCUT2D eigenvalue weighted by Gasteiger charge is -2.19. The lowest BCUT2D eigenvalue weighted by Crippen LogP contribution is -2.37. The van der Waals surface area contributed by atoms with Gasteiger partial charge in [0.1, 0.15) is 17.5 Å². The highest BCUT2D eigenvalue weighted by atomic mass is 19.1. The molecule has 0 radical (unpaired) electrons. The molecule has 4 heterocycles. The van der Waals surface area contributed by atoms with E-state index in [4.69, 9.17) is 4.99 Å². The Morgan fingerprint density at radius 3 is 2.81 bits per heavy atom. The van der Waals surface area contributed by atoms with Crippen LogP contribution in [0.5, 0.6) is 0 Å². The number of halogens is 2. The number of aromatic nitrogens is 3. The Hall–Kier alpha value is -3.79. The third-order valence-corrected chi connectivity index (χ3v) is 6.38. The van der Waals surface area contributed by atoms with Gasteiger partial charge >= 0.3 is 0 Å². The molecule has 1 saturated carbocycles. The van der Waals surface area contributed by atoms with Crippen LogP contribution < -0.4 is 16.0 Å². The molecule has 3 N–H and O–H groups in total. The van der Waals surface area contributed by atoms with Gasteiger partial charge in [0.2, 0.25) is 0 Å². The Balaban J connectivity index is 1.44. The SMILES string of the molecule is C=Nc1cncc(C2CC2)c1C(=NCc1ccnc(Nc2nc(C)c(F)cc2F)c1)NC1CCNC1. The Morgan fingerprint density at radius 1 is 1.19 bits per heavy atom. The van der Waals surface area contributed by atoms with Crippen LogP contribution in [0, 0.1) is 18.6 Å². The molecule has 3 aromatic heterocycles. The molecule has 1 unspecified atom stereocenters. The van der Waals surface area contributed by atoms with E-state index >= 15 is 0 Å². The largest absolute Gasteiger partial charge is 0.366 e. The van der Waals surface area contributed by atoms with Gasteiger partial charge in [-0.15, -0.1) is 0 Å². The highest BCUT2D eigenvalue weighted by Crippen LogP contribution is 2.43. The fourth-order valence-electron chi connectivity index (χ4n) is 4.29. The Kier molecular flexibility index (Phi) is 6.95. The molecule has 1 aliphatic heterocycles. The first-order chi connectivity index (χ1) is 17.5. The van der Waals surface area contributed by atoms with Gasteiger partial charge in [0.25, 0.3) is 0 Å². The third kappa shape index (κ3) is 5.38. The van der Waals surface area contributed by atoms with E-state index in [9.17, 15) is 8.78 Å². The first-order valence-corrected chi connectivity index (χ1v) is 12.0. The maximum absolute atomic E-state index is 14.2. The maximum atomic E-state index is 14.2. The molecule has 3 aromatic rings. The number of pyridine rings is 3. The number of hydrogen-bond acceptors (Lipinski definition) is 7. The van der Waals surface area contributed by atoms with E-state index in [1.54, 1.807) is 18.5 Å². The second kappa shape index (κ2) is 10.4. The molecule has 0 aromatic carbocycles. The molecule has 1 aliphatic carbocycles. The molecule has 2 fully saturated rings. The van der Waals surface area contributed by atoms with Crippen molar-refractivity contribution in [2.24, 2.45) is 9.98 Å². The number of aliphatic imine (C=N–C) groups is 2. The molecule has 36 heavy (non-hydrogen) atoms. The summed E-state index contributed by atoms with van der Waals surface area (Å²) in [7, 11) is 0. The van der Waals surface area contributed by atoms with Crippen molar-refractivity contribution in [1.29, 1.82) is 0 Å². The van der Waals surface area contributed by atoms with Gasteiger partial charge in [-0.25, -0.2) is 18.7 Å². The molecular weight excluding hydrogens is 462 g/mol. The second-order valence-electron chi connectivity index (χ2n) is 9.11. The lowest BCUT2D eigenvalue weighted by atomic mass is 10.0. The van der Waals surface area contributed by atoms with Crippen LogP contribution in [0.4, 0.5) is 26.1 Å². The van der Waals surface area contributed by atoms with Crippen molar-refractivity contribution < 1.29 is 8.78 Å². The number of nitrogens with one attached hydrogen (secondary N) is 3. The quantitative estimate of drug-likeness (QED) is 0.322. The van der Waals surface area contributed by atoms with Gasteiger partial charge in [0.05, 0.1) is 24.1 Å². The Labute approximate surface area is 208 Å². The van der Waals surface area contributed by atoms with E-state index in [0.29, 0.717) is 24.0 Å². The molecule has 2 aliphatic rings. The van der Waals surface area contributed by atoms with Crippen LogP contribution in [-0.2, 0) is 6.54 Å². The van der Waals surface area contributed by atoms with Crippen molar-refractivity contribution in [3.05, 3.63) is 70.8 Å². The van der Waals surface area contributed by atoms with E-state index < -0.39 is 11.6 Å². The molecule has 186 valence electrons. The molecule has 1 atom stereocenters. The molecule has 0 bridgehead atoms. The van der Waals surface area contributed by atoms with Gasteiger partial charge in [-0.1, -0.05) is 0 Å². The van der Waals surface area contributed by atoms with Crippen molar-refractivity contribution in [2.45, 2.75) is 44.7 Å². The Bertz CT molecular complexity index is 1300. The van der Waals surface area contributed by atoms with Crippen LogP contribution in [0.3, 0.4) is 0 Å². The van der Waals surface area contributed by atoms with Crippen LogP contribution >= 0.6 is 0 Å². The van der Waals surface area contributed by atoms with Crippen LogP contribution in [0.25, 0.3) is 0 Å². The Morgan fingerprint density at radius 2 is 2.06 bits per heavy atom. The van der Waals surface area contributed by atoms with Crippen molar-refractivity contribution in [1.82, 2.24) is 25.6 Å². The zero-order chi connectivity index (χ0) is 25.1. The van der Waals surface area contributed by atoms with Gasteiger partial charge in [0.15, 0.2) is 11.6 Å². The maximum Gasteiger partial charge on any atom is 0.168 e. The van der Waals surface area contributed by atoms with E-state index in [1.165, 1.54) is 6.92 Å². The third-order valence-electron chi connectivity index (χ3n) is 6.38. The first-order valence-electron chi connectivity index (χ1n) is 12.0. The second-order valence-corrected chi connectivity index (χ2v) is 9.11.